The minimum absolute atomic E-state index is 0.0462. The van der Waals surface area contributed by atoms with Gasteiger partial charge in [0, 0.05) is 31.4 Å². The maximum absolute atomic E-state index is 12.3. The van der Waals surface area contributed by atoms with Gasteiger partial charge in [0.25, 0.3) is 0 Å². The van der Waals surface area contributed by atoms with Crippen LogP contribution in [0, 0.1) is 0 Å². The van der Waals surface area contributed by atoms with E-state index >= 15 is 0 Å². The van der Waals surface area contributed by atoms with E-state index in [4.69, 9.17) is 16.3 Å². The van der Waals surface area contributed by atoms with Crippen LogP contribution in [-0.4, -0.2) is 59.9 Å². The Bertz CT molecular complexity index is 575. The van der Waals surface area contributed by atoms with E-state index in [0.29, 0.717) is 15.8 Å². The molecule has 7 heteroatoms. The highest BCUT2D eigenvalue weighted by Crippen LogP contribution is 2.34. The van der Waals surface area contributed by atoms with Crippen molar-refractivity contribution in [3.8, 4) is 0 Å². The normalized spacial score (nSPS) is 21.0. The van der Waals surface area contributed by atoms with E-state index in [-0.39, 0.29) is 11.4 Å². The average molecular weight is 384 g/mol. The van der Waals surface area contributed by atoms with Crippen LogP contribution in [-0.2, 0) is 9.53 Å². The minimum atomic E-state index is 0.0462. The zero-order valence-electron chi connectivity index (χ0n) is 14.5. The molecule has 0 radical (unpaired) electrons. The second-order valence-corrected chi connectivity index (χ2v) is 8.11. The molecule has 1 aromatic rings. The Labute approximate surface area is 158 Å². The van der Waals surface area contributed by atoms with Crippen LogP contribution in [0.25, 0.3) is 0 Å². The molecular formula is C18H26ClN3O2S. The quantitative estimate of drug-likeness (QED) is 0.765. The number of morpholine rings is 1. The van der Waals surface area contributed by atoms with Crippen molar-refractivity contribution >= 4 is 29.3 Å². The fourth-order valence-corrected chi connectivity index (χ4v) is 4.77. The predicted octanol–water partition coefficient (Wildman–Crippen LogP) is 2.98. The van der Waals surface area contributed by atoms with Gasteiger partial charge >= 0.3 is 0 Å². The van der Waals surface area contributed by atoms with Crippen molar-refractivity contribution in [2.24, 2.45) is 0 Å². The molecule has 0 atom stereocenters. The number of ether oxygens (including phenoxy) is 1. The summed E-state index contributed by atoms with van der Waals surface area (Å²) in [4.78, 5) is 19.1. The van der Waals surface area contributed by atoms with Crippen molar-refractivity contribution in [3.63, 3.8) is 0 Å². The molecule has 0 unspecified atom stereocenters. The first-order valence-electron chi connectivity index (χ1n) is 9.02. The van der Waals surface area contributed by atoms with Gasteiger partial charge in [-0.2, -0.15) is 0 Å². The Morgan fingerprint density at radius 3 is 2.80 bits per heavy atom. The molecule has 1 N–H and O–H groups in total. The zero-order chi connectivity index (χ0) is 17.5. The number of aromatic nitrogens is 1. The Hall–Kier alpha value is -0.820. The summed E-state index contributed by atoms with van der Waals surface area (Å²) in [6, 6.07) is 3.59. The molecule has 1 aliphatic heterocycles. The van der Waals surface area contributed by atoms with Crippen LogP contribution in [0.3, 0.4) is 0 Å². The predicted molar refractivity (Wildman–Crippen MR) is 101 cm³/mol. The van der Waals surface area contributed by atoms with Crippen molar-refractivity contribution < 1.29 is 9.53 Å². The van der Waals surface area contributed by atoms with Crippen LogP contribution in [0.2, 0.25) is 5.02 Å². The largest absolute Gasteiger partial charge is 0.379 e. The van der Waals surface area contributed by atoms with Gasteiger partial charge in [-0.15, -0.1) is 0 Å². The van der Waals surface area contributed by atoms with Gasteiger partial charge in [0.05, 0.1) is 24.0 Å². The molecule has 0 bridgehead atoms. The first-order chi connectivity index (χ1) is 12.2. The number of hydrogen-bond donors (Lipinski definition) is 1. The highest BCUT2D eigenvalue weighted by molar-refractivity contribution is 8.00. The summed E-state index contributed by atoms with van der Waals surface area (Å²) in [5.41, 5.74) is 0.102. The van der Waals surface area contributed by atoms with Crippen LogP contribution in [0.5, 0.6) is 0 Å². The molecule has 2 heterocycles. The Morgan fingerprint density at radius 1 is 1.32 bits per heavy atom. The van der Waals surface area contributed by atoms with Crippen molar-refractivity contribution in [1.29, 1.82) is 0 Å². The molecular weight excluding hydrogens is 358 g/mol. The molecule has 0 spiro atoms. The lowest BCUT2D eigenvalue weighted by molar-refractivity contribution is -0.119. The van der Waals surface area contributed by atoms with Crippen molar-refractivity contribution in [3.05, 3.63) is 23.4 Å². The molecule has 1 saturated carbocycles. The van der Waals surface area contributed by atoms with E-state index in [1.807, 2.05) is 0 Å². The number of pyridine rings is 1. The lowest BCUT2D eigenvalue weighted by Crippen LogP contribution is -2.59. The third-order valence-electron chi connectivity index (χ3n) is 5.15. The van der Waals surface area contributed by atoms with Crippen LogP contribution in [0.1, 0.15) is 32.1 Å². The average Bonchev–Trinajstić information content (AvgIpc) is 2.67. The Kier molecular flexibility index (Phi) is 6.99. The van der Waals surface area contributed by atoms with Gasteiger partial charge in [0.15, 0.2) is 0 Å². The second kappa shape index (κ2) is 9.21. The Morgan fingerprint density at radius 2 is 2.08 bits per heavy atom. The van der Waals surface area contributed by atoms with Gasteiger partial charge in [0.2, 0.25) is 5.91 Å². The monoisotopic (exact) mass is 383 g/mol. The summed E-state index contributed by atoms with van der Waals surface area (Å²) < 4.78 is 5.51. The fraction of sp³-hybridized carbons (Fsp3) is 0.667. The highest BCUT2D eigenvalue weighted by atomic mass is 35.5. The number of halogens is 1. The number of carbonyl (C=O) groups is 1. The molecule has 0 aromatic carbocycles. The van der Waals surface area contributed by atoms with Crippen LogP contribution in [0.4, 0.5) is 0 Å². The van der Waals surface area contributed by atoms with Gasteiger partial charge in [-0.25, -0.2) is 4.98 Å². The zero-order valence-corrected chi connectivity index (χ0v) is 16.1. The summed E-state index contributed by atoms with van der Waals surface area (Å²) in [6.45, 7) is 4.25. The molecule has 1 aliphatic carbocycles. The van der Waals surface area contributed by atoms with Crippen molar-refractivity contribution in [2.45, 2.75) is 42.7 Å². The number of nitrogens with zero attached hydrogens (tertiary/aromatic N) is 2. The third kappa shape index (κ3) is 5.09. The molecule has 2 aliphatic rings. The Balaban J connectivity index is 1.53. The van der Waals surface area contributed by atoms with E-state index in [2.05, 4.69) is 15.2 Å². The summed E-state index contributed by atoms with van der Waals surface area (Å²) in [5, 5.41) is 4.47. The molecule has 5 nitrogen and oxygen atoms in total. The standard InChI is InChI=1S/C18H26ClN3O2S/c19-15-5-4-8-20-17(15)25-13-16(23)21-14-18(6-2-1-3-7-18)22-9-11-24-12-10-22/h4-5,8H,1-3,6-7,9-14H2,(H,21,23). The van der Waals surface area contributed by atoms with Gasteiger partial charge in [-0.1, -0.05) is 42.6 Å². The fourth-order valence-electron chi connectivity index (χ4n) is 3.78. The number of amides is 1. The van der Waals surface area contributed by atoms with Gasteiger partial charge in [-0.05, 0) is 25.0 Å². The molecule has 1 saturated heterocycles. The van der Waals surface area contributed by atoms with Crippen LogP contribution >= 0.6 is 23.4 Å². The molecule has 3 rings (SSSR count). The van der Waals surface area contributed by atoms with Crippen LogP contribution < -0.4 is 5.32 Å². The summed E-state index contributed by atoms with van der Waals surface area (Å²) in [6.07, 6.45) is 7.80. The highest BCUT2D eigenvalue weighted by Gasteiger charge is 2.38. The first kappa shape index (κ1) is 19.0. The maximum atomic E-state index is 12.3. The topological polar surface area (TPSA) is 54.5 Å². The SMILES string of the molecule is O=C(CSc1ncccc1Cl)NCC1(N2CCOCC2)CCCCC1. The van der Waals surface area contributed by atoms with E-state index in [1.54, 1.807) is 18.3 Å². The molecule has 1 amide bonds. The number of hydrogen-bond acceptors (Lipinski definition) is 5. The van der Waals surface area contributed by atoms with E-state index in [9.17, 15) is 4.79 Å². The van der Waals surface area contributed by atoms with Crippen molar-refractivity contribution in [1.82, 2.24) is 15.2 Å². The lowest BCUT2D eigenvalue weighted by atomic mass is 9.79. The van der Waals surface area contributed by atoms with E-state index in [0.717, 1.165) is 45.7 Å². The summed E-state index contributed by atoms with van der Waals surface area (Å²) in [5.74, 6) is 0.389. The maximum Gasteiger partial charge on any atom is 0.230 e. The van der Waals surface area contributed by atoms with Gasteiger partial charge in [-0.3, -0.25) is 9.69 Å². The number of carbonyl (C=O) groups excluding carboxylic acids is 1. The molecule has 2 fully saturated rings. The molecule has 1 aromatic heterocycles. The first-order valence-corrected chi connectivity index (χ1v) is 10.4. The van der Waals surface area contributed by atoms with Gasteiger partial charge in [0.1, 0.15) is 5.03 Å². The number of nitrogens with one attached hydrogen (secondary N) is 1. The number of thioether (sulfide) groups is 1. The summed E-state index contributed by atoms with van der Waals surface area (Å²) >= 11 is 7.48. The minimum Gasteiger partial charge on any atom is -0.379 e. The van der Waals surface area contributed by atoms with Crippen LogP contribution in [0.15, 0.2) is 23.4 Å². The molecule has 138 valence electrons. The van der Waals surface area contributed by atoms with Crippen molar-refractivity contribution in [2.75, 3.05) is 38.6 Å². The molecule has 25 heavy (non-hydrogen) atoms. The number of rotatable bonds is 6. The third-order valence-corrected chi connectivity index (χ3v) is 6.57. The van der Waals surface area contributed by atoms with E-state index in [1.165, 1.54) is 31.0 Å². The summed E-state index contributed by atoms with van der Waals surface area (Å²) in [7, 11) is 0. The van der Waals surface area contributed by atoms with Gasteiger partial charge < -0.3 is 10.1 Å². The lowest BCUT2D eigenvalue weighted by Gasteiger charge is -2.48. The smallest absolute Gasteiger partial charge is 0.230 e. The van der Waals surface area contributed by atoms with E-state index < -0.39 is 0 Å². The second-order valence-electron chi connectivity index (χ2n) is 6.74.